The summed E-state index contributed by atoms with van der Waals surface area (Å²) in [7, 11) is -3.24. The monoisotopic (exact) mass is 430 g/mol. The normalized spacial score (nSPS) is 14.1. The van der Waals surface area contributed by atoms with Gasteiger partial charge in [0.05, 0.1) is 4.90 Å². The van der Waals surface area contributed by atoms with Gasteiger partial charge in [0.2, 0.25) is 0 Å². The molecule has 0 aliphatic carbocycles. The SMILES string of the molecule is CS(=O)(=O)c1ccc(C2=C(c3ccc(Br)o3)Cc3ccccc3O2)cc1. The number of allylic oxidation sites excluding steroid dienone is 1. The Labute approximate surface area is 160 Å². The molecule has 0 N–H and O–H groups in total. The minimum absolute atomic E-state index is 0.278. The molecule has 2 aromatic carbocycles. The van der Waals surface area contributed by atoms with Crippen LogP contribution >= 0.6 is 15.9 Å². The summed E-state index contributed by atoms with van der Waals surface area (Å²) in [6, 6.07) is 18.3. The van der Waals surface area contributed by atoms with E-state index in [4.69, 9.17) is 9.15 Å². The first-order chi connectivity index (χ1) is 12.4. The maximum absolute atomic E-state index is 11.7. The Kier molecular flexibility index (Phi) is 4.25. The second-order valence-electron chi connectivity index (χ2n) is 6.09. The average molecular weight is 431 g/mol. The molecule has 4 nitrogen and oxygen atoms in total. The molecule has 0 fully saturated rings. The lowest BCUT2D eigenvalue weighted by Gasteiger charge is -2.23. The second-order valence-corrected chi connectivity index (χ2v) is 8.89. The van der Waals surface area contributed by atoms with Gasteiger partial charge in [-0.2, -0.15) is 0 Å². The highest BCUT2D eigenvalue weighted by Gasteiger charge is 2.24. The number of sulfone groups is 1. The van der Waals surface area contributed by atoms with Crippen molar-refractivity contribution in [2.24, 2.45) is 0 Å². The van der Waals surface area contributed by atoms with Crippen LogP contribution < -0.4 is 4.74 Å². The third-order valence-electron chi connectivity index (χ3n) is 4.24. The van der Waals surface area contributed by atoms with Gasteiger partial charge in [-0.3, -0.25) is 0 Å². The summed E-state index contributed by atoms with van der Waals surface area (Å²) in [6.07, 6.45) is 1.86. The quantitative estimate of drug-likeness (QED) is 0.589. The average Bonchev–Trinajstić information content (AvgIpc) is 3.06. The largest absolute Gasteiger partial charge is 0.456 e. The number of rotatable bonds is 3. The van der Waals surface area contributed by atoms with Crippen LogP contribution in [0.4, 0.5) is 0 Å². The van der Waals surface area contributed by atoms with E-state index in [1.807, 2.05) is 36.4 Å². The maximum Gasteiger partial charge on any atom is 0.175 e. The van der Waals surface area contributed by atoms with Crippen molar-refractivity contribution in [1.29, 1.82) is 0 Å². The van der Waals surface area contributed by atoms with Crippen molar-refractivity contribution in [2.45, 2.75) is 11.3 Å². The number of hydrogen-bond donors (Lipinski definition) is 0. The molecule has 26 heavy (non-hydrogen) atoms. The minimum atomic E-state index is -3.24. The lowest BCUT2D eigenvalue weighted by molar-refractivity contribution is 0.489. The summed E-state index contributed by atoms with van der Waals surface area (Å²) in [5.41, 5.74) is 2.79. The van der Waals surface area contributed by atoms with Gasteiger partial charge in [0.1, 0.15) is 17.3 Å². The molecule has 4 rings (SSSR count). The highest BCUT2D eigenvalue weighted by molar-refractivity contribution is 9.10. The van der Waals surface area contributed by atoms with Gasteiger partial charge >= 0.3 is 0 Å². The Bertz CT molecular complexity index is 1110. The standard InChI is InChI=1S/C20H15BrO4S/c1-26(22,23)15-8-6-13(7-9-15)20-16(18-10-11-19(21)24-18)12-14-4-2-3-5-17(14)25-20/h2-11H,12H2,1H3. The molecule has 0 amide bonds. The lowest BCUT2D eigenvalue weighted by Crippen LogP contribution is -2.09. The van der Waals surface area contributed by atoms with Crippen molar-refractivity contribution < 1.29 is 17.6 Å². The van der Waals surface area contributed by atoms with E-state index in [1.54, 1.807) is 24.3 Å². The van der Waals surface area contributed by atoms with Gasteiger partial charge in [0.25, 0.3) is 0 Å². The van der Waals surface area contributed by atoms with Crippen molar-refractivity contribution in [3.05, 3.63) is 82.2 Å². The fraction of sp³-hybridized carbons (Fsp3) is 0.100. The van der Waals surface area contributed by atoms with Gasteiger partial charge in [0.15, 0.2) is 14.5 Å². The van der Waals surface area contributed by atoms with E-state index in [9.17, 15) is 8.42 Å². The van der Waals surface area contributed by atoms with Gasteiger partial charge < -0.3 is 9.15 Å². The molecule has 1 aliphatic heterocycles. The lowest BCUT2D eigenvalue weighted by atomic mass is 9.96. The van der Waals surface area contributed by atoms with Crippen molar-refractivity contribution in [3.8, 4) is 5.75 Å². The molecule has 1 aromatic heterocycles. The van der Waals surface area contributed by atoms with E-state index in [0.717, 1.165) is 22.4 Å². The van der Waals surface area contributed by atoms with Crippen LogP contribution in [0.5, 0.6) is 5.75 Å². The van der Waals surface area contributed by atoms with Crippen molar-refractivity contribution >= 4 is 37.1 Å². The van der Waals surface area contributed by atoms with E-state index >= 15 is 0 Å². The fourth-order valence-electron chi connectivity index (χ4n) is 2.95. The predicted molar refractivity (Wildman–Crippen MR) is 104 cm³/mol. The Morgan fingerprint density at radius 2 is 1.69 bits per heavy atom. The first kappa shape index (κ1) is 17.1. The van der Waals surface area contributed by atoms with Crippen molar-refractivity contribution in [3.63, 3.8) is 0 Å². The number of ether oxygens (including phenoxy) is 1. The molecule has 6 heteroatoms. The topological polar surface area (TPSA) is 56.5 Å². The predicted octanol–water partition coefficient (Wildman–Crippen LogP) is 4.95. The zero-order valence-electron chi connectivity index (χ0n) is 13.9. The number of halogens is 1. The van der Waals surface area contributed by atoms with Crippen molar-refractivity contribution in [2.75, 3.05) is 6.26 Å². The molecule has 0 spiro atoms. The first-order valence-electron chi connectivity index (χ1n) is 7.97. The summed E-state index contributed by atoms with van der Waals surface area (Å²) >= 11 is 3.34. The Morgan fingerprint density at radius 3 is 2.35 bits per heavy atom. The molecule has 0 saturated heterocycles. The molecule has 0 saturated carbocycles. The van der Waals surface area contributed by atoms with Crippen LogP contribution in [-0.4, -0.2) is 14.7 Å². The summed E-state index contributed by atoms with van der Waals surface area (Å²) in [5, 5.41) is 0. The number of para-hydroxylation sites is 1. The van der Waals surface area contributed by atoms with E-state index < -0.39 is 9.84 Å². The Balaban J connectivity index is 1.85. The second kappa shape index (κ2) is 6.45. The molecule has 3 aromatic rings. The van der Waals surface area contributed by atoms with Crippen molar-refractivity contribution in [1.82, 2.24) is 0 Å². The molecule has 2 heterocycles. The van der Waals surface area contributed by atoms with Crippen LogP contribution in [0.2, 0.25) is 0 Å². The summed E-state index contributed by atoms with van der Waals surface area (Å²) in [4.78, 5) is 0.278. The van der Waals surface area contributed by atoms with E-state index in [1.165, 1.54) is 6.26 Å². The number of fused-ring (bicyclic) bond motifs is 1. The van der Waals surface area contributed by atoms with Crippen LogP contribution in [0.1, 0.15) is 16.9 Å². The smallest absolute Gasteiger partial charge is 0.175 e. The number of benzene rings is 2. The summed E-state index contributed by atoms with van der Waals surface area (Å²) < 4.78 is 36.0. The summed E-state index contributed by atoms with van der Waals surface area (Å²) in [6.45, 7) is 0. The van der Waals surface area contributed by atoms with Gasteiger partial charge in [-0.1, -0.05) is 18.2 Å². The molecule has 1 aliphatic rings. The zero-order chi connectivity index (χ0) is 18.3. The van der Waals surface area contributed by atoms with E-state index in [2.05, 4.69) is 15.9 Å². The fourth-order valence-corrected chi connectivity index (χ4v) is 3.89. The first-order valence-corrected chi connectivity index (χ1v) is 10.7. The zero-order valence-corrected chi connectivity index (χ0v) is 16.3. The van der Waals surface area contributed by atoms with Crippen LogP contribution in [-0.2, 0) is 16.3 Å². The highest BCUT2D eigenvalue weighted by Crippen LogP contribution is 2.40. The number of furan rings is 1. The number of hydrogen-bond acceptors (Lipinski definition) is 4. The molecule has 0 unspecified atom stereocenters. The van der Waals surface area contributed by atoms with Gasteiger partial charge in [0, 0.05) is 23.8 Å². The molecular weight excluding hydrogens is 416 g/mol. The molecule has 0 atom stereocenters. The van der Waals surface area contributed by atoms with Crippen LogP contribution in [0, 0.1) is 0 Å². The third kappa shape index (κ3) is 3.22. The van der Waals surface area contributed by atoms with Gasteiger partial charge in [-0.05, 0) is 64.0 Å². The van der Waals surface area contributed by atoms with E-state index in [0.29, 0.717) is 22.6 Å². The molecule has 132 valence electrons. The van der Waals surface area contributed by atoms with Crippen LogP contribution in [0.3, 0.4) is 0 Å². The molecule has 0 bridgehead atoms. The molecule has 0 radical (unpaired) electrons. The van der Waals surface area contributed by atoms with Crippen LogP contribution in [0.15, 0.2) is 74.6 Å². The maximum atomic E-state index is 11.7. The van der Waals surface area contributed by atoms with Crippen LogP contribution in [0.25, 0.3) is 11.3 Å². The Hall–Kier alpha value is -2.31. The molecular formula is C20H15BrO4S. The highest BCUT2D eigenvalue weighted by atomic mass is 79.9. The van der Waals surface area contributed by atoms with E-state index in [-0.39, 0.29) is 4.90 Å². The summed E-state index contributed by atoms with van der Waals surface area (Å²) in [5.74, 6) is 2.18. The van der Waals surface area contributed by atoms with Gasteiger partial charge in [-0.15, -0.1) is 0 Å². The Morgan fingerprint density at radius 1 is 0.962 bits per heavy atom. The third-order valence-corrected chi connectivity index (χ3v) is 5.80. The minimum Gasteiger partial charge on any atom is -0.456 e. The van der Waals surface area contributed by atoms with Gasteiger partial charge in [-0.25, -0.2) is 8.42 Å².